The predicted octanol–water partition coefficient (Wildman–Crippen LogP) is 1.60. The Kier molecular flexibility index (Phi) is 5.20. The minimum Gasteiger partial charge on any atom is -0.459 e. The fourth-order valence-electron chi connectivity index (χ4n) is 1.42. The number of nitrogens with zero attached hydrogens (tertiary/aromatic N) is 1. The first-order valence-electron chi connectivity index (χ1n) is 5.60. The second kappa shape index (κ2) is 6.68. The molecule has 1 unspecified atom stereocenters. The molecule has 0 aliphatic carbocycles. The van der Waals surface area contributed by atoms with Crippen LogP contribution in [0, 0.1) is 0 Å². The number of amides is 1. The molecular weight excluding hydrogens is 218 g/mol. The highest BCUT2D eigenvalue weighted by molar-refractivity contribution is 5.77. The van der Waals surface area contributed by atoms with Crippen molar-refractivity contribution in [3.05, 3.63) is 35.9 Å². The van der Waals surface area contributed by atoms with Crippen molar-refractivity contribution < 1.29 is 14.3 Å². The molecule has 1 atom stereocenters. The number of carbonyl (C=O) groups is 2. The number of hydrogen-bond acceptors (Lipinski definition) is 3. The van der Waals surface area contributed by atoms with E-state index in [2.05, 4.69) is 0 Å². The molecule has 0 radical (unpaired) electrons. The Morgan fingerprint density at radius 2 is 2.06 bits per heavy atom. The van der Waals surface area contributed by atoms with Gasteiger partial charge in [0, 0.05) is 6.54 Å². The Hall–Kier alpha value is -1.84. The van der Waals surface area contributed by atoms with E-state index >= 15 is 0 Å². The standard InChI is InChI=1S/C13H17NO3/c1-3-14(10-15)11(2)13(16)17-9-12-7-5-4-6-8-12/h4-8,10-11H,3,9H2,1-2H3. The lowest BCUT2D eigenvalue weighted by molar-refractivity contribution is -0.152. The Balaban J connectivity index is 2.47. The van der Waals surface area contributed by atoms with Crippen molar-refractivity contribution >= 4 is 12.4 Å². The molecule has 1 rings (SSSR count). The predicted molar refractivity (Wildman–Crippen MR) is 64.1 cm³/mol. The summed E-state index contributed by atoms with van der Waals surface area (Å²) in [5.41, 5.74) is 0.933. The Morgan fingerprint density at radius 3 is 2.59 bits per heavy atom. The zero-order valence-corrected chi connectivity index (χ0v) is 10.1. The summed E-state index contributed by atoms with van der Waals surface area (Å²) in [6.07, 6.45) is 0.661. The summed E-state index contributed by atoms with van der Waals surface area (Å²) >= 11 is 0. The third-order valence-electron chi connectivity index (χ3n) is 2.56. The summed E-state index contributed by atoms with van der Waals surface area (Å²) < 4.78 is 5.14. The van der Waals surface area contributed by atoms with Gasteiger partial charge in [-0.2, -0.15) is 0 Å². The van der Waals surface area contributed by atoms with Crippen LogP contribution >= 0.6 is 0 Å². The normalized spacial score (nSPS) is 11.6. The van der Waals surface area contributed by atoms with E-state index in [1.54, 1.807) is 6.92 Å². The number of rotatable bonds is 6. The molecule has 0 spiro atoms. The first-order valence-corrected chi connectivity index (χ1v) is 5.60. The molecule has 0 fully saturated rings. The zero-order valence-electron chi connectivity index (χ0n) is 10.1. The van der Waals surface area contributed by atoms with Crippen molar-refractivity contribution in [3.63, 3.8) is 0 Å². The van der Waals surface area contributed by atoms with Gasteiger partial charge in [-0.05, 0) is 19.4 Å². The molecule has 0 saturated heterocycles. The monoisotopic (exact) mass is 235 g/mol. The summed E-state index contributed by atoms with van der Waals surface area (Å²) in [6, 6.07) is 8.90. The third-order valence-corrected chi connectivity index (χ3v) is 2.56. The molecule has 1 amide bonds. The van der Waals surface area contributed by atoms with E-state index < -0.39 is 6.04 Å². The topological polar surface area (TPSA) is 46.6 Å². The van der Waals surface area contributed by atoms with Gasteiger partial charge in [0.1, 0.15) is 12.6 Å². The Bertz CT molecular complexity index is 364. The molecular formula is C13H17NO3. The number of likely N-dealkylation sites (N-methyl/N-ethyl adjacent to an activating group) is 1. The number of carbonyl (C=O) groups excluding carboxylic acids is 2. The molecule has 0 aliphatic rings. The van der Waals surface area contributed by atoms with Crippen molar-refractivity contribution in [1.29, 1.82) is 0 Å². The van der Waals surface area contributed by atoms with Gasteiger partial charge >= 0.3 is 5.97 Å². The van der Waals surface area contributed by atoms with Crippen LogP contribution in [0.2, 0.25) is 0 Å². The van der Waals surface area contributed by atoms with Crippen molar-refractivity contribution in [2.75, 3.05) is 6.54 Å². The fraction of sp³-hybridized carbons (Fsp3) is 0.385. The number of hydrogen-bond donors (Lipinski definition) is 0. The van der Waals surface area contributed by atoms with Gasteiger partial charge in [-0.1, -0.05) is 30.3 Å². The van der Waals surface area contributed by atoms with Crippen LogP contribution in [0.15, 0.2) is 30.3 Å². The van der Waals surface area contributed by atoms with Gasteiger partial charge in [-0.25, -0.2) is 4.79 Å². The van der Waals surface area contributed by atoms with Crippen LogP contribution in [0.3, 0.4) is 0 Å². The molecule has 0 bridgehead atoms. The smallest absolute Gasteiger partial charge is 0.328 e. The molecule has 4 heteroatoms. The largest absolute Gasteiger partial charge is 0.459 e. The van der Waals surface area contributed by atoms with Gasteiger partial charge in [0.05, 0.1) is 0 Å². The van der Waals surface area contributed by atoms with Crippen LogP contribution in [0.5, 0.6) is 0 Å². The van der Waals surface area contributed by atoms with Gasteiger partial charge in [0.15, 0.2) is 0 Å². The van der Waals surface area contributed by atoms with E-state index in [1.807, 2.05) is 37.3 Å². The summed E-state index contributed by atoms with van der Waals surface area (Å²) in [5, 5.41) is 0. The van der Waals surface area contributed by atoms with E-state index in [0.717, 1.165) is 5.56 Å². The van der Waals surface area contributed by atoms with E-state index in [9.17, 15) is 9.59 Å². The number of benzene rings is 1. The van der Waals surface area contributed by atoms with Crippen LogP contribution < -0.4 is 0 Å². The van der Waals surface area contributed by atoms with Gasteiger partial charge < -0.3 is 9.64 Å². The lowest BCUT2D eigenvalue weighted by atomic mass is 10.2. The summed E-state index contributed by atoms with van der Waals surface area (Å²) in [4.78, 5) is 23.7. The maximum Gasteiger partial charge on any atom is 0.328 e. The maximum atomic E-state index is 11.7. The number of ether oxygens (including phenoxy) is 1. The van der Waals surface area contributed by atoms with Crippen LogP contribution in [0.25, 0.3) is 0 Å². The van der Waals surface area contributed by atoms with Crippen LogP contribution in [0.1, 0.15) is 19.4 Å². The molecule has 0 aromatic heterocycles. The molecule has 0 saturated carbocycles. The first kappa shape index (κ1) is 13.2. The molecule has 1 aromatic rings. The molecule has 0 N–H and O–H groups in total. The number of esters is 1. The van der Waals surface area contributed by atoms with Gasteiger partial charge in [-0.15, -0.1) is 0 Å². The van der Waals surface area contributed by atoms with Crippen molar-refractivity contribution in [2.24, 2.45) is 0 Å². The molecule has 1 aromatic carbocycles. The minimum atomic E-state index is -0.541. The molecule has 0 heterocycles. The zero-order chi connectivity index (χ0) is 12.7. The van der Waals surface area contributed by atoms with E-state index in [1.165, 1.54) is 4.90 Å². The summed E-state index contributed by atoms with van der Waals surface area (Å²) in [7, 11) is 0. The first-order chi connectivity index (χ1) is 8.19. The Labute approximate surface area is 101 Å². The average Bonchev–Trinajstić information content (AvgIpc) is 2.38. The van der Waals surface area contributed by atoms with Crippen molar-refractivity contribution in [3.8, 4) is 0 Å². The quantitative estimate of drug-likeness (QED) is 0.555. The SMILES string of the molecule is CCN(C=O)C(C)C(=O)OCc1ccccc1. The molecule has 17 heavy (non-hydrogen) atoms. The van der Waals surface area contributed by atoms with E-state index in [0.29, 0.717) is 13.0 Å². The highest BCUT2D eigenvalue weighted by Gasteiger charge is 2.19. The highest BCUT2D eigenvalue weighted by Crippen LogP contribution is 2.04. The van der Waals surface area contributed by atoms with Crippen molar-refractivity contribution in [2.45, 2.75) is 26.5 Å². The fourth-order valence-corrected chi connectivity index (χ4v) is 1.42. The van der Waals surface area contributed by atoms with Gasteiger partial charge in [-0.3, -0.25) is 4.79 Å². The average molecular weight is 235 g/mol. The molecule has 4 nitrogen and oxygen atoms in total. The molecule has 0 aliphatic heterocycles. The van der Waals surface area contributed by atoms with E-state index in [-0.39, 0.29) is 12.6 Å². The summed E-state index contributed by atoms with van der Waals surface area (Å²) in [5.74, 6) is -0.386. The third kappa shape index (κ3) is 3.90. The second-order valence-corrected chi connectivity index (χ2v) is 3.71. The van der Waals surface area contributed by atoms with Crippen LogP contribution in [0.4, 0.5) is 0 Å². The van der Waals surface area contributed by atoms with Crippen LogP contribution in [-0.2, 0) is 20.9 Å². The Morgan fingerprint density at radius 1 is 1.41 bits per heavy atom. The van der Waals surface area contributed by atoms with Gasteiger partial charge in [0.25, 0.3) is 0 Å². The lowest BCUT2D eigenvalue weighted by Gasteiger charge is -2.21. The summed E-state index contributed by atoms with van der Waals surface area (Å²) in [6.45, 7) is 4.20. The van der Waals surface area contributed by atoms with Crippen molar-refractivity contribution in [1.82, 2.24) is 4.90 Å². The van der Waals surface area contributed by atoms with Crippen LogP contribution in [-0.4, -0.2) is 29.9 Å². The lowest BCUT2D eigenvalue weighted by Crippen LogP contribution is -2.38. The molecule has 92 valence electrons. The van der Waals surface area contributed by atoms with Gasteiger partial charge in [0.2, 0.25) is 6.41 Å². The highest BCUT2D eigenvalue weighted by atomic mass is 16.5. The van der Waals surface area contributed by atoms with E-state index in [4.69, 9.17) is 4.74 Å². The maximum absolute atomic E-state index is 11.7. The minimum absolute atomic E-state index is 0.237. The second-order valence-electron chi connectivity index (χ2n) is 3.71.